The summed E-state index contributed by atoms with van der Waals surface area (Å²) in [6.07, 6.45) is 0.870. The molecule has 1 aromatic rings. The monoisotopic (exact) mass is 198 g/mol. The molecule has 0 saturated heterocycles. The van der Waals surface area contributed by atoms with E-state index < -0.39 is 17.3 Å². The summed E-state index contributed by atoms with van der Waals surface area (Å²) in [4.78, 5) is 10.2. The smallest absolute Gasteiger partial charge is 0.194 e. The average molecular weight is 198 g/mol. The molecule has 1 atom stereocenters. The zero-order chi connectivity index (χ0) is 10.7. The fourth-order valence-electron chi connectivity index (χ4n) is 1.22. The van der Waals surface area contributed by atoms with Crippen molar-refractivity contribution < 1.29 is 19.4 Å². The molecule has 14 heavy (non-hydrogen) atoms. The Morgan fingerprint density at radius 3 is 2.71 bits per heavy atom. The van der Waals surface area contributed by atoms with E-state index in [4.69, 9.17) is 10.2 Å². The molecule has 4 heteroatoms. The van der Waals surface area contributed by atoms with E-state index in [0.29, 0.717) is 6.29 Å². The van der Waals surface area contributed by atoms with Gasteiger partial charge in [0.2, 0.25) is 0 Å². The normalized spacial score (nSPS) is 12.4. The first kappa shape index (κ1) is 10.5. The number of phenolic OH excluding ortho intramolecular Hbond substituents is 2. The topological polar surface area (TPSA) is 57.5 Å². The van der Waals surface area contributed by atoms with Gasteiger partial charge in [-0.05, 0) is 17.5 Å². The maximum atomic E-state index is 13.3. The molecule has 0 heterocycles. The van der Waals surface area contributed by atoms with Gasteiger partial charge in [-0.25, -0.2) is 4.39 Å². The largest absolute Gasteiger partial charge is 0.504 e. The van der Waals surface area contributed by atoms with Gasteiger partial charge in [-0.2, -0.15) is 0 Å². The molecule has 0 aliphatic carbocycles. The molecule has 0 saturated carbocycles. The summed E-state index contributed by atoms with van der Waals surface area (Å²) in [5.41, 5.74) is 0.229. The standard InChI is InChI=1S/C10H11FO3/c1-6(4-5-12)7-2-3-8(13)10(14)9(7)11/h2-3,5-6,13-14H,4H2,1H3. The number of carbonyl (C=O) groups is 1. The predicted molar refractivity (Wildman–Crippen MR) is 48.8 cm³/mol. The van der Waals surface area contributed by atoms with Crippen LogP contribution >= 0.6 is 0 Å². The van der Waals surface area contributed by atoms with Crippen molar-refractivity contribution in [2.45, 2.75) is 19.3 Å². The van der Waals surface area contributed by atoms with E-state index in [1.54, 1.807) is 6.92 Å². The Morgan fingerprint density at radius 2 is 2.14 bits per heavy atom. The second-order valence-corrected chi connectivity index (χ2v) is 3.14. The third kappa shape index (κ3) is 1.84. The zero-order valence-electron chi connectivity index (χ0n) is 7.70. The summed E-state index contributed by atoms with van der Waals surface area (Å²) in [5.74, 6) is -2.43. The fourth-order valence-corrected chi connectivity index (χ4v) is 1.22. The van der Waals surface area contributed by atoms with Gasteiger partial charge in [0.1, 0.15) is 6.29 Å². The lowest BCUT2D eigenvalue weighted by Crippen LogP contribution is -1.98. The maximum absolute atomic E-state index is 13.3. The van der Waals surface area contributed by atoms with Crippen molar-refractivity contribution in [2.75, 3.05) is 0 Å². The first-order chi connectivity index (χ1) is 6.57. The minimum absolute atomic E-state index is 0.182. The number of halogens is 1. The van der Waals surface area contributed by atoms with E-state index in [9.17, 15) is 9.18 Å². The molecule has 0 amide bonds. The molecule has 1 unspecified atom stereocenters. The van der Waals surface area contributed by atoms with Gasteiger partial charge in [-0.3, -0.25) is 0 Å². The van der Waals surface area contributed by atoms with Crippen LogP contribution in [0, 0.1) is 5.82 Å². The van der Waals surface area contributed by atoms with Crippen molar-refractivity contribution in [2.24, 2.45) is 0 Å². The summed E-state index contributed by atoms with van der Waals surface area (Å²) in [6, 6.07) is 2.56. The van der Waals surface area contributed by atoms with Crippen molar-refractivity contribution in [1.29, 1.82) is 0 Å². The predicted octanol–water partition coefficient (Wildman–Crippen LogP) is 1.93. The Bertz CT molecular complexity index is 349. The highest BCUT2D eigenvalue weighted by atomic mass is 19.1. The number of hydrogen-bond donors (Lipinski definition) is 2. The van der Waals surface area contributed by atoms with Gasteiger partial charge in [-0.1, -0.05) is 13.0 Å². The van der Waals surface area contributed by atoms with Gasteiger partial charge in [-0.15, -0.1) is 0 Å². The second-order valence-electron chi connectivity index (χ2n) is 3.14. The number of hydrogen-bond acceptors (Lipinski definition) is 3. The summed E-state index contributed by atoms with van der Waals surface area (Å²) >= 11 is 0. The lowest BCUT2D eigenvalue weighted by Gasteiger charge is -2.10. The molecule has 76 valence electrons. The second kappa shape index (κ2) is 4.09. The average Bonchev–Trinajstić information content (AvgIpc) is 2.15. The van der Waals surface area contributed by atoms with E-state index in [2.05, 4.69) is 0 Å². The number of carbonyl (C=O) groups excluding carboxylic acids is 1. The summed E-state index contributed by atoms with van der Waals surface area (Å²) in [6.45, 7) is 1.67. The lowest BCUT2D eigenvalue weighted by atomic mass is 9.97. The Morgan fingerprint density at radius 1 is 1.50 bits per heavy atom. The third-order valence-electron chi connectivity index (χ3n) is 2.11. The number of aromatic hydroxyl groups is 2. The Balaban J connectivity index is 3.10. The molecule has 0 bridgehead atoms. The van der Waals surface area contributed by atoms with Crippen LogP contribution < -0.4 is 0 Å². The van der Waals surface area contributed by atoms with E-state index in [0.717, 1.165) is 0 Å². The summed E-state index contributed by atoms with van der Waals surface area (Å²) < 4.78 is 13.3. The Labute approximate surface area is 80.8 Å². The molecule has 0 aliphatic heterocycles. The van der Waals surface area contributed by atoms with Crippen LogP contribution in [0.5, 0.6) is 11.5 Å². The van der Waals surface area contributed by atoms with Gasteiger partial charge in [0.15, 0.2) is 17.3 Å². The van der Waals surface area contributed by atoms with Gasteiger partial charge in [0, 0.05) is 6.42 Å². The number of rotatable bonds is 3. The third-order valence-corrected chi connectivity index (χ3v) is 2.11. The van der Waals surface area contributed by atoms with Crippen LogP contribution in [0.4, 0.5) is 4.39 Å². The van der Waals surface area contributed by atoms with E-state index in [-0.39, 0.29) is 17.9 Å². The Hall–Kier alpha value is -1.58. The number of benzene rings is 1. The molecular formula is C10H11FO3. The number of aldehydes is 1. The van der Waals surface area contributed by atoms with E-state index in [1.165, 1.54) is 12.1 Å². The minimum Gasteiger partial charge on any atom is -0.504 e. The number of phenols is 2. The van der Waals surface area contributed by atoms with Crippen molar-refractivity contribution in [1.82, 2.24) is 0 Å². The summed E-state index contributed by atoms with van der Waals surface area (Å²) in [5, 5.41) is 18.1. The summed E-state index contributed by atoms with van der Waals surface area (Å²) in [7, 11) is 0. The van der Waals surface area contributed by atoms with Crippen molar-refractivity contribution in [3.63, 3.8) is 0 Å². The van der Waals surface area contributed by atoms with E-state index in [1.807, 2.05) is 0 Å². The molecule has 0 fully saturated rings. The first-order valence-corrected chi connectivity index (χ1v) is 4.22. The molecule has 3 nitrogen and oxygen atoms in total. The maximum Gasteiger partial charge on any atom is 0.194 e. The van der Waals surface area contributed by atoms with E-state index >= 15 is 0 Å². The van der Waals surface area contributed by atoms with Crippen molar-refractivity contribution >= 4 is 6.29 Å². The van der Waals surface area contributed by atoms with Crippen LogP contribution in [-0.4, -0.2) is 16.5 Å². The lowest BCUT2D eigenvalue weighted by molar-refractivity contribution is -0.108. The highest BCUT2D eigenvalue weighted by molar-refractivity contribution is 5.52. The highest BCUT2D eigenvalue weighted by Crippen LogP contribution is 2.33. The molecule has 2 N–H and O–H groups in total. The molecule has 1 aromatic carbocycles. The molecule has 1 rings (SSSR count). The van der Waals surface area contributed by atoms with Gasteiger partial charge in [0.25, 0.3) is 0 Å². The van der Waals surface area contributed by atoms with Crippen molar-refractivity contribution in [3.8, 4) is 11.5 Å². The van der Waals surface area contributed by atoms with Gasteiger partial charge in [0.05, 0.1) is 0 Å². The zero-order valence-corrected chi connectivity index (χ0v) is 7.70. The fraction of sp³-hybridized carbons (Fsp3) is 0.300. The SMILES string of the molecule is CC(CC=O)c1ccc(O)c(O)c1F. The van der Waals surface area contributed by atoms with Crippen LogP contribution in [0.25, 0.3) is 0 Å². The minimum atomic E-state index is -0.862. The van der Waals surface area contributed by atoms with Crippen LogP contribution in [0.2, 0.25) is 0 Å². The quantitative estimate of drug-likeness (QED) is 0.576. The molecular weight excluding hydrogens is 187 g/mol. The molecule has 0 aromatic heterocycles. The van der Waals surface area contributed by atoms with Gasteiger partial charge < -0.3 is 15.0 Å². The van der Waals surface area contributed by atoms with Crippen LogP contribution in [0.3, 0.4) is 0 Å². The first-order valence-electron chi connectivity index (χ1n) is 4.22. The molecule has 0 radical (unpaired) electrons. The van der Waals surface area contributed by atoms with Crippen LogP contribution in [0.1, 0.15) is 24.8 Å². The molecule has 0 spiro atoms. The van der Waals surface area contributed by atoms with Crippen LogP contribution in [-0.2, 0) is 4.79 Å². The van der Waals surface area contributed by atoms with Gasteiger partial charge >= 0.3 is 0 Å². The highest BCUT2D eigenvalue weighted by Gasteiger charge is 2.16. The molecule has 0 aliphatic rings. The van der Waals surface area contributed by atoms with Crippen LogP contribution in [0.15, 0.2) is 12.1 Å². The van der Waals surface area contributed by atoms with Crippen molar-refractivity contribution in [3.05, 3.63) is 23.5 Å². The Kier molecular flexibility index (Phi) is 3.06.